The molecule has 0 radical (unpaired) electrons. The van der Waals surface area contributed by atoms with Gasteiger partial charge in [0.15, 0.2) is 0 Å². The largest absolute Gasteiger partial charge is 0.437 e. The minimum atomic E-state index is 0.412. The van der Waals surface area contributed by atoms with Crippen molar-refractivity contribution in [3.8, 4) is 11.6 Å². The topological polar surface area (TPSA) is 47.0 Å². The van der Waals surface area contributed by atoms with Gasteiger partial charge in [0.25, 0.3) is 0 Å². The summed E-state index contributed by atoms with van der Waals surface area (Å²) in [6.45, 7) is 6.89. The second kappa shape index (κ2) is 6.81. The normalized spacial score (nSPS) is 10.8. The Balaban J connectivity index is 2.08. The van der Waals surface area contributed by atoms with Crippen molar-refractivity contribution < 1.29 is 4.74 Å². The van der Waals surface area contributed by atoms with Gasteiger partial charge in [0.1, 0.15) is 5.75 Å². The van der Waals surface area contributed by atoms with Crippen LogP contribution in [0.5, 0.6) is 11.6 Å². The number of aryl methyl sites for hydroxylation is 1. The zero-order valence-corrected chi connectivity index (χ0v) is 13.4. The van der Waals surface area contributed by atoms with Gasteiger partial charge >= 0.3 is 0 Å². The van der Waals surface area contributed by atoms with Crippen molar-refractivity contribution >= 4 is 15.9 Å². The Morgan fingerprint density at radius 1 is 1.30 bits per heavy atom. The molecule has 0 fully saturated rings. The number of nitrogens with zero attached hydrogens (tertiary/aromatic N) is 2. The molecule has 0 unspecified atom stereocenters. The number of hydrogen-bond acceptors (Lipinski definition) is 4. The van der Waals surface area contributed by atoms with Crippen molar-refractivity contribution in [1.82, 2.24) is 15.3 Å². The lowest BCUT2D eigenvalue weighted by Crippen LogP contribution is -2.22. The highest BCUT2D eigenvalue weighted by molar-refractivity contribution is 9.10. The van der Waals surface area contributed by atoms with E-state index in [1.54, 1.807) is 12.4 Å². The van der Waals surface area contributed by atoms with Gasteiger partial charge in [0.05, 0.1) is 11.9 Å². The highest BCUT2D eigenvalue weighted by Gasteiger charge is 2.04. The Bertz CT molecular complexity index is 587. The van der Waals surface area contributed by atoms with E-state index in [2.05, 4.69) is 45.1 Å². The first-order valence-electron chi connectivity index (χ1n) is 6.53. The van der Waals surface area contributed by atoms with Crippen LogP contribution in [0.4, 0.5) is 0 Å². The van der Waals surface area contributed by atoms with Crippen molar-refractivity contribution in [2.24, 2.45) is 0 Å². The average molecular weight is 336 g/mol. The standard InChI is InChI=1S/C15H18BrN3O/c1-10(2)18-8-12-7-17-9-15(19-12)20-13-4-5-14(16)11(3)6-13/h4-7,9-10,18H,8H2,1-3H3. The molecule has 0 aliphatic heterocycles. The van der Waals surface area contributed by atoms with Crippen LogP contribution >= 0.6 is 15.9 Å². The van der Waals surface area contributed by atoms with Gasteiger partial charge in [0.2, 0.25) is 5.88 Å². The fraction of sp³-hybridized carbons (Fsp3) is 0.333. The maximum atomic E-state index is 5.74. The number of aromatic nitrogens is 2. The van der Waals surface area contributed by atoms with E-state index in [0.717, 1.165) is 21.5 Å². The first kappa shape index (κ1) is 14.9. The van der Waals surface area contributed by atoms with Gasteiger partial charge in [-0.25, -0.2) is 4.98 Å². The summed E-state index contributed by atoms with van der Waals surface area (Å²) in [7, 11) is 0. The molecular weight excluding hydrogens is 318 g/mol. The Hall–Kier alpha value is -1.46. The Morgan fingerprint density at radius 3 is 2.80 bits per heavy atom. The van der Waals surface area contributed by atoms with Crippen LogP contribution in [-0.4, -0.2) is 16.0 Å². The molecule has 106 valence electrons. The fourth-order valence-electron chi connectivity index (χ4n) is 1.63. The molecule has 0 amide bonds. The Kier molecular flexibility index (Phi) is 5.09. The van der Waals surface area contributed by atoms with Gasteiger partial charge in [-0.2, -0.15) is 0 Å². The van der Waals surface area contributed by atoms with E-state index in [4.69, 9.17) is 4.74 Å². The molecule has 1 N–H and O–H groups in total. The van der Waals surface area contributed by atoms with Crippen LogP contribution in [0.15, 0.2) is 35.1 Å². The molecular formula is C15H18BrN3O. The van der Waals surface area contributed by atoms with Gasteiger partial charge in [-0.3, -0.25) is 4.98 Å². The highest BCUT2D eigenvalue weighted by atomic mass is 79.9. The summed E-state index contributed by atoms with van der Waals surface area (Å²) in [5.74, 6) is 1.27. The molecule has 0 spiro atoms. The van der Waals surface area contributed by atoms with Gasteiger partial charge in [0, 0.05) is 23.3 Å². The molecule has 4 nitrogen and oxygen atoms in total. The van der Waals surface area contributed by atoms with Gasteiger partial charge < -0.3 is 10.1 Å². The summed E-state index contributed by atoms with van der Waals surface area (Å²) >= 11 is 3.47. The summed E-state index contributed by atoms with van der Waals surface area (Å²) in [6, 6.07) is 6.24. The minimum absolute atomic E-state index is 0.412. The monoisotopic (exact) mass is 335 g/mol. The maximum absolute atomic E-state index is 5.74. The second-order valence-corrected chi connectivity index (χ2v) is 5.75. The number of rotatable bonds is 5. The average Bonchev–Trinajstić information content (AvgIpc) is 2.41. The highest BCUT2D eigenvalue weighted by Crippen LogP contribution is 2.24. The van der Waals surface area contributed by atoms with E-state index >= 15 is 0 Å². The lowest BCUT2D eigenvalue weighted by molar-refractivity contribution is 0.454. The molecule has 0 atom stereocenters. The van der Waals surface area contributed by atoms with E-state index < -0.39 is 0 Å². The maximum Gasteiger partial charge on any atom is 0.238 e. The van der Waals surface area contributed by atoms with Crippen molar-refractivity contribution in [3.05, 3.63) is 46.3 Å². The van der Waals surface area contributed by atoms with Gasteiger partial charge in [-0.15, -0.1) is 0 Å². The third kappa shape index (κ3) is 4.28. The van der Waals surface area contributed by atoms with Gasteiger partial charge in [-0.05, 0) is 30.7 Å². The summed E-state index contributed by atoms with van der Waals surface area (Å²) in [5.41, 5.74) is 1.98. The fourth-order valence-corrected chi connectivity index (χ4v) is 1.88. The van der Waals surface area contributed by atoms with Crippen LogP contribution in [-0.2, 0) is 6.54 Å². The molecule has 1 heterocycles. The van der Waals surface area contributed by atoms with E-state index in [1.807, 2.05) is 25.1 Å². The molecule has 1 aromatic carbocycles. The van der Waals surface area contributed by atoms with Crippen LogP contribution in [0.1, 0.15) is 25.1 Å². The lowest BCUT2D eigenvalue weighted by atomic mass is 10.2. The van der Waals surface area contributed by atoms with Crippen LogP contribution in [0.25, 0.3) is 0 Å². The van der Waals surface area contributed by atoms with Crippen molar-refractivity contribution in [2.75, 3.05) is 0 Å². The number of hydrogen-bond donors (Lipinski definition) is 1. The van der Waals surface area contributed by atoms with Crippen LogP contribution < -0.4 is 10.1 Å². The van der Waals surface area contributed by atoms with E-state index in [1.165, 1.54) is 0 Å². The summed E-state index contributed by atoms with van der Waals surface area (Å²) in [6.07, 6.45) is 3.37. The number of ether oxygens (including phenoxy) is 1. The first-order valence-corrected chi connectivity index (χ1v) is 7.32. The van der Waals surface area contributed by atoms with Crippen molar-refractivity contribution in [2.45, 2.75) is 33.4 Å². The number of benzene rings is 1. The Morgan fingerprint density at radius 2 is 2.10 bits per heavy atom. The molecule has 0 saturated carbocycles. The van der Waals surface area contributed by atoms with Crippen LogP contribution in [0.3, 0.4) is 0 Å². The molecule has 0 saturated heterocycles. The molecule has 5 heteroatoms. The number of halogens is 1. The molecule has 1 aromatic heterocycles. The minimum Gasteiger partial charge on any atom is -0.437 e. The van der Waals surface area contributed by atoms with E-state index in [9.17, 15) is 0 Å². The zero-order chi connectivity index (χ0) is 14.5. The SMILES string of the molecule is Cc1cc(Oc2cncc(CNC(C)C)n2)ccc1Br. The smallest absolute Gasteiger partial charge is 0.238 e. The number of nitrogens with one attached hydrogen (secondary N) is 1. The van der Waals surface area contributed by atoms with Crippen LogP contribution in [0, 0.1) is 6.92 Å². The third-order valence-electron chi connectivity index (χ3n) is 2.71. The predicted octanol–water partition coefficient (Wildman–Crippen LogP) is 3.84. The zero-order valence-electron chi connectivity index (χ0n) is 11.9. The summed E-state index contributed by atoms with van der Waals surface area (Å²) in [4.78, 5) is 8.60. The molecule has 0 aliphatic carbocycles. The molecule has 20 heavy (non-hydrogen) atoms. The summed E-state index contributed by atoms with van der Waals surface area (Å²) in [5, 5.41) is 3.31. The van der Waals surface area contributed by atoms with Crippen molar-refractivity contribution in [1.29, 1.82) is 0 Å². The second-order valence-electron chi connectivity index (χ2n) is 4.90. The predicted molar refractivity (Wildman–Crippen MR) is 83.0 cm³/mol. The lowest BCUT2D eigenvalue weighted by Gasteiger charge is -2.09. The molecule has 0 aliphatic rings. The molecule has 0 bridgehead atoms. The van der Waals surface area contributed by atoms with E-state index in [0.29, 0.717) is 18.5 Å². The molecule has 2 aromatic rings. The molecule has 2 rings (SSSR count). The quantitative estimate of drug-likeness (QED) is 0.901. The summed E-state index contributed by atoms with van der Waals surface area (Å²) < 4.78 is 6.80. The first-order chi connectivity index (χ1) is 9.54. The van der Waals surface area contributed by atoms with Gasteiger partial charge in [-0.1, -0.05) is 29.8 Å². The third-order valence-corrected chi connectivity index (χ3v) is 3.60. The van der Waals surface area contributed by atoms with E-state index in [-0.39, 0.29) is 0 Å². The van der Waals surface area contributed by atoms with Crippen LogP contribution in [0.2, 0.25) is 0 Å². The Labute approximate surface area is 127 Å². The van der Waals surface area contributed by atoms with Crippen molar-refractivity contribution in [3.63, 3.8) is 0 Å².